The fraction of sp³-hybridized carbons (Fsp3) is 0.250. The monoisotopic (exact) mass is 499 g/mol. The normalized spacial score (nSPS) is 11.5. The van der Waals surface area contributed by atoms with Crippen LogP contribution in [0.1, 0.15) is 21.5 Å². The van der Waals surface area contributed by atoms with Gasteiger partial charge in [0.15, 0.2) is 11.5 Å². The molecule has 0 aliphatic rings. The van der Waals surface area contributed by atoms with Crippen molar-refractivity contribution in [2.75, 3.05) is 36.2 Å². The highest BCUT2D eigenvalue weighted by atomic mass is 19.4. The number of alkyl halides is 3. The number of hydrogen-bond acceptors (Lipinski definition) is 7. The van der Waals surface area contributed by atoms with Crippen LogP contribution in [0.5, 0.6) is 0 Å². The number of carbonyl (C=O) groups is 1. The molecule has 4 aromatic rings. The van der Waals surface area contributed by atoms with Crippen LogP contribution in [0.3, 0.4) is 0 Å². The number of aromatic nitrogens is 4. The van der Waals surface area contributed by atoms with E-state index in [4.69, 9.17) is 4.74 Å². The number of ether oxygens (including phenoxy) is 1. The number of aryl methyl sites for hydroxylation is 2. The molecule has 1 amide bonds. The van der Waals surface area contributed by atoms with E-state index in [0.29, 0.717) is 41.6 Å². The van der Waals surface area contributed by atoms with E-state index < -0.39 is 17.6 Å². The third kappa shape index (κ3) is 5.54. The summed E-state index contributed by atoms with van der Waals surface area (Å²) in [6.45, 7) is 2.92. The average Bonchev–Trinajstić information content (AvgIpc) is 3.15. The lowest BCUT2D eigenvalue weighted by molar-refractivity contribution is -0.137. The molecule has 0 aliphatic carbocycles. The maximum Gasteiger partial charge on any atom is 0.416 e. The van der Waals surface area contributed by atoms with Gasteiger partial charge in [-0.05, 0) is 42.8 Å². The third-order valence-electron chi connectivity index (χ3n) is 5.37. The summed E-state index contributed by atoms with van der Waals surface area (Å²) in [7, 11) is 3.36. The number of nitrogens with one attached hydrogen (secondary N) is 3. The molecule has 3 N–H and O–H groups in total. The largest absolute Gasteiger partial charge is 0.416 e. The first-order valence-electron chi connectivity index (χ1n) is 10.9. The summed E-state index contributed by atoms with van der Waals surface area (Å²) in [5.74, 6) is 0.395. The second kappa shape index (κ2) is 10.2. The van der Waals surface area contributed by atoms with E-state index >= 15 is 0 Å². The maximum atomic E-state index is 13.0. The second-order valence-electron chi connectivity index (χ2n) is 8.01. The predicted molar refractivity (Wildman–Crippen MR) is 131 cm³/mol. The molecule has 4 rings (SSSR count). The van der Waals surface area contributed by atoms with Crippen LogP contribution < -0.4 is 16.0 Å². The van der Waals surface area contributed by atoms with E-state index in [1.165, 1.54) is 12.1 Å². The van der Waals surface area contributed by atoms with Crippen LogP contribution in [-0.4, -0.2) is 45.9 Å². The van der Waals surface area contributed by atoms with E-state index in [-0.39, 0.29) is 11.3 Å². The van der Waals surface area contributed by atoms with E-state index in [1.54, 1.807) is 43.2 Å². The minimum absolute atomic E-state index is 0.0488. The first kappa shape index (κ1) is 24.9. The topological polar surface area (TPSA) is 106 Å². The quantitative estimate of drug-likeness (QED) is 0.301. The Balaban J connectivity index is 1.55. The Kier molecular flexibility index (Phi) is 7.06. The number of benzene rings is 2. The molecule has 0 spiro atoms. The zero-order chi connectivity index (χ0) is 25.9. The van der Waals surface area contributed by atoms with Gasteiger partial charge in [0, 0.05) is 43.8 Å². The molecule has 0 bridgehead atoms. The predicted octanol–water partition coefficient (Wildman–Crippen LogP) is 4.74. The van der Waals surface area contributed by atoms with Gasteiger partial charge in [-0.15, -0.1) is 0 Å². The van der Waals surface area contributed by atoms with Gasteiger partial charge in [-0.25, -0.2) is 9.67 Å². The highest BCUT2D eigenvalue weighted by Crippen LogP contribution is 2.31. The molecule has 0 atom stereocenters. The van der Waals surface area contributed by atoms with E-state index in [2.05, 4.69) is 31.0 Å². The lowest BCUT2D eigenvalue weighted by Gasteiger charge is -2.12. The number of carbonyl (C=O) groups excluding carboxylic acids is 1. The van der Waals surface area contributed by atoms with Crippen molar-refractivity contribution >= 4 is 40.1 Å². The van der Waals surface area contributed by atoms with Gasteiger partial charge < -0.3 is 20.7 Å². The molecule has 0 fully saturated rings. The number of nitrogens with zero attached hydrogens (tertiary/aromatic N) is 4. The van der Waals surface area contributed by atoms with Crippen LogP contribution in [0.2, 0.25) is 0 Å². The molecule has 9 nitrogen and oxygen atoms in total. The van der Waals surface area contributed by atoms with Crippen LogP contribution in [0.15, 0.2) is 48.7 Å². The lowest BCUT2D eigenvalue weighted by Crippen LogP contribution is -2.13. The molecule has 0 radical (unpaired) electrons. The molecule has 2 aromatic heterocycles. The van der Waals surface area contributed by atoms with Gasteiger partial charge in [-0.2, -0.15) is 23.3 Å². The summed E-state index contributed by atoms with van der Waals surface area (Å²) in [5.41, 5.74) is 1.52. The Morgan fingerprint density at radius 3 is 2.72 bits per heavy atom. The number of fused-ring (bicyclic) bond motifs is 1. The van der Waals surface area contributed by atoms with Gasteiger partial charge in [0.05, 0.1) is 17.6 Å². The smallest absolute Gasteiger partial charge is 0.383 e. The van der Waals surface area contributed by atoms with E-state index in [9.17, 15) is 18.0 Å². The van der Waals surface area contributed by atoms with Gasteiger partial charge in [0.25, 0.3) is 5.91 Å². The molecule has 2 heterocycles. The van der Waals surface area contributed by atoms with Gasteiger partial charge in [-0.3, -0.25) is 4.79 Å². The van der Waals surface area contributed by atoms with E-state index in [1.807, 2.05) is 6.92 Å². The highest BCUT2D eigenvalue weighted by Gasteiger charge is 2.30. The molecule has 36 heavy (non-hydrogen) atoms. The number of anilines is 4. The van der Waals surface area contributed by atoms with Crippen molar-refractivity contribution in [2.24, 2.45) is 7.05 Å². The zero-order valence-corrected chi connectivity index (χ0v) is 19.8. The summed E-state index contributed by atoms with van der Waals surface area (Å²) in [4.78, 5) is 21.6. The zero-order valence-electron chi connectivity index (χ0n) is 19.8. The van der Waals surface area contributed by atoms with Gasteiger partial charge in [-0.1, -0.05) is 12.1 Å². The SMILES string of the molecule is COCCNc1ncc2c(Nc3cc(C(=O)Nc4cccc(C(F)(F)F)c4)ccc3C)nn(C)c2n1. The minimum Gasteiger partial charge on any atom is -0.383 e. The summed E-state index contributed by atoms with van der Waals surface area (Å²) < 4.78 is 45.6. The average molecular weight is 499 g/mol. The first-order valence-corrected chi connectivity index (χ1v) is 10.9. The Morgan fingerprint density at radius 2 is 1.97 bits per heavy atom. The van der Waals surface area contributed by atoms with Crippen LogP contribution in [-0.2, 0) is 18.0 Å². The number of hydrogen-bond donors (Lipinski definition) is 3. The molecule has 12 heteroatoms. The molecule has 0 saturated heterocycles. The minimum atomic E-state index is -4.50. The Bertz CT molecular complexity index is 1400. The molecular formula is C24H24F3N7O2. The third-order valence-corrected chi connectivity index (χ3v) is 5.37. The highest BCUT2D eigenvalue weighted by molar-refractivity contribution is 6.05. The van der Waals surface area contributed by atoms with Crippen molar-refractivity contribution in [1.29, 1.82) is 0 Å². The molecular weight excluding hydrogens is 475 g/mol. The van der Waals surface area contributed by atoms with Crippen molar-refractivity contribution in [2.45, 2.75) is 13.1 Å². The number of methoxy groups -OCH3 is 1. The van der Waals surface area contributed by atoms with Crippen LogP contribution in [0, 0.1) is 6.92 Å². The molecule has 0 unspecified atom stereocenters. The number of halogens is 3. The van der Waals surface area contributed by atoms with Crippen molar-refractivity contribution in [3.05, 3.63) is 65.4 Å². The van der Waals surface area contributed by atoms with Gasteiger partial charge >= 0.3 is 6.18 Å². The Labute approximate surface area is 204 Å². The summed E-state index contributed by atoms with van der Waals surface area (Å²) in [6.07, 6.45) is -2.86. The fourth-order valence-corrected chi connectivity index (χ4v) is 3.48. The van der Waals surface area contributed by atoms with Gasteiger partial charge in [0.2, 0.25) is 5.95 Å². The Hall–Kier alpha value is -4.19. The Morgan fingerprint density at radius 1 is 1.17 bits per heavy atom. The molecule has 0 saturated carbocycles. The van der Waals surface area contributed by atoms with Gasteiger partial charge in [0.1, 0.15) is 0 Å². The standard InChI is InChI=1S/C24H24F3N7O2/c1-14-7-8-15(22(35)30-17-6-4-5-16(12-17)24(25,26)27)11-19(14)31-20-18-13-29-23(28-9-10-36-3)32-21(18)34(2)33-20/h4-8,11-13H,9-10H2,1-3H3,(H,30,35)(H,31,33)(H,28,29,32). The van der Waals surface area contributed by atoms with Crippen molar-refractivity contribution in [1.82, 2.24) is 19.7 Å². The molecule has 2 aromatic carbocycles. The first-order chi connectivity index (χ1) is 17.2. The summed E-state index contributed by atoms with van der Waals surface area (Å²) in [6, 6.07) is 9.43. The molecule has 0 aliphatic heterocycles. The van der Waals surface area contributed by atoms with Crippen LogP contribution in [0.4, 0.5) is 36.3 Å². The molecule has 188 valence electrons. The summed E-state index contributed by atoms with van der Waals surface area (Å²) in [5, 5.41) is 14.0. The summed E-state index contributed by atoms with van der Waals surface area (Å²) >= 11 is 0. The van der Waals surface area contributed by atoms with Crippen LogP contribution in [0.25, 0.3) is 11.0 Å². The number of rotatable bonds is 8. The maximum absolute atomic E-state index is 13.0. The van der Waals surface area contributed by atoms with Crippen LogP contribution >= 0.6 is 0 Å². The van der Waals surface area contributed by atoms with Crippen molar-refractivity contribution in [3.63, 3.8) is 0 Å². The van der Waals surface area contributed by atoms with Crippen molar-refractivity contribution < 1.29 is 22.7 Å². The lowest BCUT2D eigenvalue weighted by atomic mass is 10.1. The second-order valence-corrected chi connectivity index (χ2v) is 8.01. The number of amides is 1. The van der Waals surface area contributed by atoms with Crippen molar-refractivity contribution in [3.8, 4) is 0 Å². The van der Waals surface area contributed by atoms with E-state index in [0.717, 1.165) is 17.7 Å². The fourth-order valence-electron chi connectivity index (χ4n) is 3.48.